The molecule has 2 N–H and O–H groups in total. The fourth-order valence-corrected chi connectivity index (χ4v) is 3.95. The monoisotopic (exact) mass is 386 g/mol. The van der Waals surface area contributed by atoms with Crippen molar-refractivity contribution in [1.82, 2.24) is 10.2 Å². The van der Waals surface area contributed by atoms with Gasteiger partial charge in [-0.05, 0) is 56.2 Å². The first kappa shape index (κ1) is 20.5. The van der Waals surface area contributed by atoms with Gasteiger partial charge in [-0.2, -0.15) is 0 Å². The minimum atomic E-state index is -0.215. The molecule has 28 heavy (non-hydrogen) atoms. The zero-order chi connectivity index (χ0) is 19.9. The molecule has 2 aliphatic heterocycles. The maximum atomic E-state index is 13.2. The quantitative estimate of drug-likeness (QED) is 0.724. The van der Waals surface area contributed by atoms with E-state index in [9.17, 15) is 9.59 Å². The summed E-state index contributed by atoms with van der Waals surface area (Å²) in [7, 11) is 0. The fraction of sp³-hybridized carbons (Fsp3) is 0.636. The molecule has 0 spiro atoms. The highest BCUT2D eigenvalue weighted by atomic mass is 16.2. The number of likely N-dealkylation sites (tertiary alicyclic amines) is 1. The highest BCUT2D eigenvalue weighted by molar-refractivity contribution is 6.02. The third-order valence-electron chi connectivity index (χ3n) is 5.82. The molecular weight excluding hydrogens is 352 g/mol. The lowest BCUT2D eigenvalue weighted by atomic mass is 9.97. The van der Waals surface area contributed by atoms with Crippen molar-refractivity contribution in [2.75, 3.05) is 42.9 Å². The van der Waals surface area contributed by atoms with Crippen LogP contribution in [0.1, 0.15) is 62.7 Å². The molecule has 3 rings (SSSR count). The van der Waals surface area contributed by atoms with Gasteiger partial charge in [0.05, 0.1) is 5.56 Å². The summed E-state index contributed by atoms with van der Waals surface area (Å²) >= 11 is 0. The molecule has 2 saturated heterocycles. The number of hydrogen-bond donors (Lipinski definition) is 2. The van der Waals surface area contributed by atoms with Gasteiger partial charge in [0.15, 0.2) is 0 Å². The van der Waals surface area contributed by atoms with Crippen molar-refractivity contribution in [2.24, 2.45) is 5.92 Å². The van der Waals surface area contributed by atoms with Crippen molar-refractivity contribution in [1.29, 1.82) is 0 Å². The summed E-state index contributed by atoms with van der Waals surface area (Å²) in [5.74, 6) is 0.822. The van der Waals surface area contributed by atoms with Gasteiger partial charge in [0.1, 0.15) is 0 Å². The van der Waals surface area contributed by atoms with Crippen molar-refractivity contribution in [3.05, 3.63) is 23.8 Å². The lowest BCUT2D eigenvalue weighted by Crippen LogP contribution is -2.36. The molecule has 0 aliphatic carbocycles. The molecule has 0 saturated carbocycles. The molecule has 0 aromatic heterocycles. The van der Waals surface area contributed by atoms with Gasteiger partial charge in [-0.1, -0.05) is 20.3 Å². The predicted molar refractivity (Wildman–Crippen MR) is 114 cm³/mol. The summed E-state index contributed by atoms with van der Waals surface area (Å²) in [6.07, 6.45) is 6.44. The topological polar surface area (TPSA) is 64.7 Å². The molecule has 2 fully saturated rings. The summed E-state index contributed by atoms with van der Waals surface area (Å²) in [5, 5.41) is 5.75. The average Bonchev–Trinajstić information content (AvgIpc) is 3.23. The molecule has 1 aromatic rings. The van der Waals surface area contributed by atoms with Crippen LogP contribution in [0.4, 0.5) is 16.2 Å². The second-order valence-electron chi connectivity index (χ2n) is 8.14. The number of unbranched alkanes of at least 4 members (excludes halogenated alkanes) is 1. The van der Waals surface area contributed by atoms with Crippen LogP contribution in [0.3, 0.4) is 0 Å². The van der Waals surface area contributed by atoms with Gasteiger partial charge in [0, 0.05) is 44.1 Å². The predicted octanol–water partition coefficient (Wildman–Crippen LogP) is 4.08. The standard InChI is InChI=1S/C22H34N4O2/c1-3-4-11-23-22(28)24-18-7-8-20(25-14-9-17(2)10-15-25)19(16-18)21(27)26-12-5-6-13-26/h7-8,16-17H,3-6,9-15H2,1-2H3,(H2,23,24,28). The van der Waals surface area contributed by atoms with Gasteiger partial charge < -0.3 is 20.4 Å². The van der Waals surface area contributed by atoms with Gasteiger partial charge >= 0.3 is 6.03 Å². The summed E-state index contributed by atoms with van der Waals surface area (Å²) in [6.45, 7) is 8.64. The Kier molecular flexibility index (Phi) is 7.18. The Morgan fingerprint density at radius 2 is 1.82 bits per heavy atom. The largest absolute Gasteiger partial charge is 0.371 e. The van der Waals surface area contributed by atoms with Crippen molar-refractivity contribution in [2.45, 2.75) is 52.4 Å². The van der Waals surface area contributed by atoms with Gasteiger partial charge in [-0.25, -0.2) is 4.79 Å². The third kappa shape index (κ3) is 5.18. The molecule has 0 radical (unpaired) electrons. The van der Waals surface area contributed by atoms with Crippen LogP contribution in [0, 0.1) is 5.92 Å². The molecule has 0 bridgehead atoms. The van der Waals surface area contributed by atoms with Crippen LogP contribution < -0.4 is 15.5 Å². The van der Waals surface area contributed by atoms with E-state index in [4.69, 9.17) is 0 Å². The number of amides is 3. The van der Waals surface area contributed by atoms with Crippen LogP contribution in [0.5, 0.6) is 0 Å². The van der Waals surface area contributed by atoms with Crippen molar-refractivity contribution >= 4 is 23.3 Å². The molecule has 1 aromatic carbocycles. The lowest BCUT2D eigenvalue weighted by Gasteiger charge is -2.34. The third-order valence-corrected chi connectivity index (χ3v) is 5.82. The van der Waals surface area contributed by atoms with Gasteiger partial charge in [-0.3, -0.25) is 4.79 Å². The summed E-state index contributed by atoms with van der Waals surface area (Å²) in [6, 6.07) is 5.55. The van der Waals surface area contributed by atoms with E-state index >= 15 is 0 Å². The molecule has 0 atom stereocenters. The van der Waals surface area contributed by atoms with Crippen LogP contribution in [0.2, 0.25) is 0 Å². The molecule has 2 aliphatic rings. The number of nitrogens with one attached hydrogen (secondary N) is 2. The van der Waals surface area contributed by atoms with Crippen molar-refractivity contribution < 1.29 is 9.59 Å². The number of carbonyl (C=O) groups excluding carboxylic acids is 2. The lowest BCUT2D eigenvalue weighted by molar-refractivity contribution is 0.0793. The molecule has 3 amide bonds. The second kappa shape index (κ2) is 9.80. The number of nitrogens with zero attached hydrogens (tertiary/aromatic N) is 2. The number of anilines is 2. The van der Waals surface area contributed by atoms with E-state index in [2.05, 4.69) is 29.4 Å². The van der Waals surface area contributed by atoms with E-state index in [0.717, 1.165) is 76.3 Å². The Bertz CT molecular complexity index is 677. The number of carbonyl (C=O) groups is 2. The minimum Gasteiger partial charge on any atom is -0.371 e. The number of benzene rings is 1. The van der Waals surface area contributed by atoms with E-state index in [0.29, 0.717) is 17.8 Å². The van der Waals surface area contributed by atoms with E-state index < -0.39 is 0 Å². The Balaban J connectivity index is 1.79. The van der Waals surface area contributed by atoms with Crippen LogP contribution in [-0.2, 0) is 0 Å². The Morgan fingerprint density at radius 3 is 2.50 bits per heavy atom. The van der Waals surface area contributed by atoms with Crippen LogP contribution in [0.15, 0.2) is 18.2 Å². The highest BCUT2D eigenvalue weighted by Crippen LogP contribution is 2.30. The highest BCUT2D eigenvalue weighted by Gasteiger charge is 2.26. The molecule has 0 unspecified atom stereocenters. The maximum Gasteiger partial charge on any atom is 0.319 e. The second-order valence-corrected chi connectivity index (χ2v) is 8.14. The van der Waals surface area contributed by atoms with Crippen LogP contribution >= 0.6 is 0 Å². The molecule has 2 heterocycles. The van der Waals surface area contributed by atoms with Gasteiger partial charge in [0.25, 0.3) is 5.91 Å². The van der Waals surface area contributed by atoms with Gasteiger partial charge in [-0.15, -0.1) is 0 Å². The van der Waals surface area contributed by atoms with E-state index in [-0.39, 0.29) is 11.9 Å². The van der Waals surface area contributed by atoms with Crippen LogP contribution in [0.25, 0.3) is 0 Å². The summed E-state index contributed by atoms with van der Waals surface area (Å²) in [5.41, 5.74) is 2.38. The average molecular weight is 387 g/mol. The summed E-state index contributed by atoms with van der Waals surface area (Å²) in [4.78, 5) is 29.6. The Hall–Kier alpha value is -2.24. The Morgan fingerprint density at radius 1 is 1.11 bits per heavy atom. The number of hydrogen-bond acceptors (Lipinski definition) is 3. The smallest absolute Gasteiger partial charge is 0.319 e. The van der Waals surface area contributed by atoms with E-state index in [1.807, 2.05) is 23.1 Å². The number of piperidine rings is 1. The molecule has 154 valence electrons. The SMILES string of the molecule is CCCCNC(=O)Nc1ccc(N2CCC(C)CC2)c(C(=O)N2CCCC2)c1. The first-order chi connectivity index (χ1) is 13.6. The van der Waals surface area contributed by atoms with E-state index in [1.54, 1.807) is 0 Å². The fourth-order valence-electron chi connectivity index (χ4n) is 3.95. The van der Waals surface area contributed by atoms with Gasteiger partial charge in [0.2, 0.25) is 0 Å². The maximum absolute atomic E-state index is 13.2. The zero-order valence-corrected chi connectivity index (χ0v) is 17.3. The number of urea groups is 1. The first-order valence-corrected chi connectivity index (χ1v) is 10.8. The Labute approximate surface area is 168 Å². The van der Waals surface area contributed by atoms with E-state index in [1.165, 1.54) is 0 Å². The minimum absolute atomic E-state index is 0.0844. The molecule has 6 nitrogen and oxygen atoms in total. The number of rotatable bonds is 6. The van der Waals surface area contributed by atoms with Crippen molar-refractivity contribution in [3.8, 4) is 0 Å². The first-order valence-electron chi connectivity index (χ1n) is 10.8. The zero-order valence-electron chi connectivity index (χ0n) is 17.3. The van der Waals surface area contributed by atoms with Crippen LogP contribution in [-0.4, -0.2) is 49.6 Å². The normalized spacial score (nSPS) is 17.6. The molecular formula is C22H34N4O2. The van der Waals surface area contributed by atoms with Crippen molar-refractivity contribution in [3.63, 3.8) is 0 Å². The molecule has 6 heteroatoms. The summed E-state index contributed by atoms with van der Waals surface area (Å²) < 4.78 is 0.